The van der Waals surface area contributed by atoms with Gasteiger partial charge in [-0.15, -0.1) is 11.3 Å². The van der Waals surface area contributed by atoms with E-state index in [4.69, 9.17) is 0 Å². The van der Waals surface area contributed by atoms with Crippen molar-refractivity contribution in [3.8, 4) is 10.4 Å². The summed E-state index contributed by atoms with van der Waals surface area (Å²) in [6.07, 6.45) is 4.10. The maximum absolute atomic E-state index is 4.16. The molecule has 0 saturated carbocycles. The number of rotatable bonds is 3. The van der Waals surface area contributed by atoms with Crippen LogP contribution in [0.15, 0.2) is 36.0 Å². The molecule has 1 aromatic heterocycles. The summed E-state index contributed by atoms with van der Waals surface area (Å²) in [6, 6.07) is 8.60. The number of hydrogen-bond donors (Lipinski definition) is 0. The molecule has 0 radical (unpaired) electrons. The summed E-state index contributed by atoms with van der Waals surface area (Å²) < 4.78 is 0.139. The van der Waals surface area contributed by atoms with Crippen molar-refractivity contribution in [1.82, 2.24) is 4.98 Å². The molecule has 0 aliphatic rings. The smallest absolute Gasteiger partial charge is 0.0797 e. The maximum atomic E-state index is 4.16. The Morgan fingerprint density at radius 3 is 2.62 bits per heavy atom. The van der Waals surface area contributed by atoms with Crippen molar-refractivity contribution in [2.75, 3.05) is 6.26 Å². The van der Waals surface area contributed by atoms with E-state index in [1.165, 1.54) is 16.0 Å². The summed E-state index contributed by atoms with van der Waals surface area (Å²) in [4.78, 5) is 5.41. The van der Waals surface area contributed by atoms with Crippen LogP contribution >= 0.6 is 23.1 Å². The molecule has 16 heavy (non-hydrogen) atoms. The highest BCUT2D eigenvalue weighted by molar-refractivity contribution is 7.99. The third kappa shape index (κ3) is 2.15. The van der Waals surface area contributed by atoms with Crippen LogP contribution < -0.4 is 0 Å². The minimum Gasteiger partial charge on any atom is -0.252 e. The molecule has 0 aliphatic heterocycles. The summed E-state index contributed by atoms with van der Waals surface area (Å²) in [7, 11) is 0. The molecule has 0 N–H and O–H groups in total. The lowest BCUT2D eigenvalue weighted by Crippen LogP contribution is -2.12. The van der Waals surface area contributed by atoms with Crippen molar-refractivity contribution >= 4 is 23.1 Å². The van der Waals surface area contributed by atoms with Gasteiger partial charge in [-0.25, -0.2) is 0 Å². The molecule has 0 bridgehead atoms. The van der Waals surface area contributed by atoms with Gasteiger partial charge < -0.3 is 0 Å². The molecule has 0 atom stereocenters. The van der Waals surface area contributed by atoms with Gasteiger partial charge in [0.2, 0.25) is 0 Å². The van der Waals surface area contributed by atoms with Crippen LogP contribution in [0.5, 0.6) is 0 Å². The second-order valence-electron chi connectivity index (χ2n) is 4.13. The first-order valence-electron chi connectivity index (χ1n) is 5.18. The Morgan fingerprint density at radius 1 is 1.25 bits per heavy atom. The summed E-state index contributed by atoms with van der Waals surface area (Å²) in [6.45, 7) is 4.52. The van der Waals surface area contributed by atoms with Gasteiger partial charge in [-0.2, -0.15) is 11.8 Å². The maximum Gasteiger partial charge on any atom is 0.0797 e. The zero-order valence-corrected chi connectivity index (χ0v) is 11.4. The number of aromatic nitrogens is 1. The van der Waals surface area contributed by atoms with E-state index in [-0.39, 0.29) is 4.75 Å². The quantitative estimate of drug-likeness (QED) is 0.799. The van der Waals surface area contributed by atoms with Crippen molar-refractivity contribution < 1.29 is 0 Å². The van der Waals surface area contributed by atoms with Crippen molar-refractivity contribution in [2.24, 2.45) is 0 Å². The van der Waals surface area contributed by atoms with Gasteiger partial charge in [0, 0.05) is 10.9 Å². The molecule has 84 valence electrons. The molecule has 1 aromatic carbocycles. The Labute approximate surface area is 105 Å². The standard InChI is InChI=1S/C13H15NS2/c1-13(2,15-3)11-7-5-4-6-10(11)12-8-14-9-16-12/h4-9H,1-3H3. The zero-order chi connectivity index (χ0) is 11.6. The third-order valence-corrected chi connectivity index (χ3v) is 4.83. The Kier molecular flexibility index (Phi) is 3.36. The van der Waals surface area contributed by atoms with E-state index >= 15 is 0 Å². The first-order chi connectivity index (χ1) is 7.65. The Hall–Kier alpha value is -0.800. The van der Waals surface area contributed by atoms with Crippen LogP contribution in [0.2, 0.25) is 0 Å². The fourth-order valence-electron chi connectivity index (χ4n) is 1.68. The SMILES string of the molecule is CSC(C)(C)c1ccccc1-c1cncs1. The van der Waals surface area contributed by atoms with E-state index in [0.29, 0.717) is 0 Å². The minimum atomic E-state index is 0.139. The summed E-state index contributed by atoms with van der Waals surface area (Å²) >= 11 is 3.57. The Balaban J connectivity index is 2.55. The van der Waals surface area contributed by atoms with Gasteiger partial charge >= 0.3 is 0 Å². The summed E-state index contributed by atoms with van der Waals surface area (Å²) in [5.74, 6) is 0. The van der Waals surface area contributed by atoms with Gasteiger partial charge in [-0.3, -0.25) is 4.98 Å². The molecule has 0 saturated heterocycles. The molecule has 0 unspecified atom stereocenters. The number of nitrogens with zero attached hydrogens (tertiary/aromatic N) is 1. The summed E-state index contributed by atoms with van der Waals surface area (Å²) in [5, 5.41) is 0. The second kappa shape index (κ2) is 4.60. The molecule has 0 aliphatic carbocycles. The first-order valence-corrected chi connectivity index (χ1v) is 7.29. The average molecular weight is 249 g/mol. The van der Waals surface area contributed by atoms with E-state index < -0.39 is 0 Å². The van der Waals surface area contributed by atoms with Crippen LogP contribution in [-0.2, 0) is 4.75 Å². The molecular formula is C13H15NS2. The lowest BCUT2D eigenvalue weighted by atomic mass is 9.96. The predicted octanol–water partition coefficient (Wildman–Crippen LogP) is 4.41. The third-order valence-electron chi connectivity index (χ3n) is 2.78. The molecular weight excluding hydrogens is 234 g/mol. The van der Waals surface area contributed by atoms with Gasteiger partial charge in [0.15, 0.2) is 0 Å². The Morgan fingerprint density at radius 2 is 2.00 bits per heavy atom. The van der Waals surface area contributed by atoms with Crippen molar-refractivity contribution in [2.45, 2.75) is 18.6 Å². The van der Waals surface area contributed by atoms with Gasteiger partial charge in [-0.05, 0) is 31.2 Å². The topological polar surface area (TPSA) is 12.9 Å². The van der Waals surface area contributed by atoms with Crippen molar-refractivity contribution in [3.63, 3.8) is 0 Å². The van der Waals surface area contributed by atoms with Gasteiger partial charge in [-0.1, -0.05) is 24.3 Å². The molecule has 1 nitrogen and oxygen atoms in total. The van der Waals surface area contributed by atoms with E-state index in [1.54, 1.807) is 11.3 Å². The van der Waals surface area contributed by atoms with Crippen LogP contribution in [0.25, 0.3) is 10.4 Å². The lowest BCUT2D eigenvalue weighted by molar-refractivity contribution is 0.788. The summed E-state index contributed by atoms with van der Waals surface area (Å²) in [5.41, 5.74) is 4.58. The van der Waals surface area contributed by atoms with E-state index in [0.717, 1.165) is 0 Å². The second-order valence-corrected chi connectivity index (χ2v) is 6.44. The monoisotopic (exact) mass is 249 g/mol. The fraction of sp³-hybridized carbons (Fsp3) is 0.308. The highest BCUT2D eigenvalue weighted by atomic mass is 32.2. The van der Waals surface area contributed by atoms with Crippen LogP contribution in [0, 0.1) is 0 Å². The van der Waals surface area contributed by atoms with Crippen molar-refractivity contribution in [1.29, 1.82) is 0 Å². The lowest BCUT2D eigenvalue weighted by Gasteiger charge is -2.25. The Bertz CT molecular complexity index is 461. The van der Waals surface area contributed by atoms with E-state index in [2.05, 4.69) is 49.4 Å². The molecule has 0 fully saturated rings. The van der Waals surface area contributed by atoms with Crippen LogP contribution in [0.1, 0.15) is 19.4 Å². The number of thioether (sulfide) groups is 1. The first kappa shape index (κ1) is 11.7. The predicted molar refractivity (Wildman–Crippen MR) is 74.1 cm³/mol. The molecule has 2 rings (SSSR count). The number of hydrogen-bond acceptors (Lipinski definition) is 3. The zero-order valence-electron chi connectivity index (χ0n) is 9.73. The van der Waals surface area contributed by atoms with Crippen LogP contribution in [0.4, 0.5) is 0 Å². The molecule has 0 spiro atoms. The largest absolute Gasteiger partial charge is 0.252 e. The highest BCUT2D eigenvalue weighted by Crippen LogP contribution is 2.40. The number of thiazole rings is 1. The van der Waals surface area contributed by atoms with Gasteiger partial charge in [0.25, 0.3) is 0 Å². The minimum absolute atomic E-state index is 0.139. The van der Waals surface area contributed by atoms with Crippen LogP contribution in [-0.4, -0.2) is 11.2 Å². The van der Waals surface area contributed by atoms with Gasteiger partial charge in [0.05, 0.1) is 10.4 Å². The fourth-order valence-corrected chi connectivity index (χ4v) is 2.74. The van der Waals surface area contributed by atoms with E-state index in [9.17, 15) is 0 Å². The molecule has 1 heterocycles. The number of benzene rings is 1. The van der Waals surface area contributed by atoms with Crippen molar-refractivity contribution in [3.05, 3.63) is 41.5 Å². The molecule has 3 heteroatoms. The molecule has 2 aromatic rings. The van der Waals surface area contributed by atoms with E-state index in [1.807, 2.05) is 23.5 Å². The molecule has 0 amide bonds. The highest BCUT2D eigenvalue weighted by Gasteiger charge is 2.22. The normalized spacial score (nSPS) is 11.7. The average Bonchev–Trinajstić information content (AvgIpc) is 2.82. The van der Waals surface area contributed by atoms with Gasteiger partial charge in [0.1, 0.15) is 0 Å². The van der Waals surface area contributed by atoms with Crippen LogP contribution in [0.3, 0.4) is 0 Å².